The van der Waals surface area contributed by atoms with Gasteiger partial charge in [-0.25, -0.2) is 4.79 Å². The van der Waals surface area contributed by atoms with Crippen molar-refractivity contribution in [3.8, 4) is 0 Å². The Kier molecular flexibility index (Phi) is 14.1. The molecule has 3 aromatic rings. The zero-order chi connectivity index (χ0) is 26.1. The molecular weight excluding hydrogens is 440 g/mol. The van der Waals surface area contributed by atoms with Crippen LogP contribution in [0.4, 0.5) is 0 Å². The van der Waals surface area contributed by atoms with Gasteiger partial charge in [-0.15, -0.1) is 0 Å². The summed E-state index contributed by atoms with van der Waals surface area (Å²) in [6, 6.07) is 24.0. The molecule has 3 aromatic carbocycles. The van der Waals surface area contributed by atoms with Crippen molar-refractivity contribution in [2.24, 2.45) is 0 Å². The van der Waals surface area contributed by atoms with Crippen molar-refractivity contribution in [1.82, 2.24) is 0 Å². The van der Waals surface area contributed by atoms with E-state index in [0.717, 1.165) is 35.6 Å². The fourth-order valence-electron chi connectivity index (χ4n) is 3.21. The molecule has 0 atom stereocenters. The Hall–Kier alpha value is -3.70. The van der Waals surface area contributed by atoms with Crippen LogP contribution in [0.25, 0.3) is 6.08 Å². The van der Waals surface area contributed by atoms with E-state index in [4.69, 9.17) is 15.3 Å². The molecule has 0 amide bonds. The van der Waals surface area contributed by atoms with E-state index in [9.17, 15) is 9.59 Å². The van der Waals surface area contributed by atoms with Gasteiger partial charge in [-0.3, -0.25) is 4.79 Å². The number of benzene rings is 3. The highest BCUT2D eigenvalue weighted by Crippen LogP contribution is 2.07. The van der Waals surface area contributed by atoms with Crippen molar-refractivity contribution in [2.75, 3.05) is 6.61 Å². The first-order chi connectivity index (χ1) is 16.7. The Morgan fingerprint density at radius 1 is 0.743 bits per heavy atom. The summed E-state index contributed by atoms with van der Waals surface area (Å²) in [7, 11) is 0. The predicted molar refractivity (Wildman–Crippen MR) is 142 cm³/mol. The normalized spacial score (nSPS) is 10.1. The molecule has 0 fully saturated rings. The molecule has 0 heterocycles. The Bertz CT molecular complexity index is 1090. The smallest absolute Gasteiger partial charge is 0.328 e. The van der Waals surface area contributed by atoms with Gasteiger partial charge in [0.15, 0.2) is 0 Å². The van der Waals surface area contributed by atoms with Crippen molar-refractivity contribution < 1.29 is 24.9 Å². The molecule has 0 aliphatic carbocycles. The Labute approximate surface area is 208 Å². The lowest BCUT2D eigenvalue weighted by atomic mass is 10.1. The molecule has 0 saturated carbocycles. The monoisotopic (exact) mass is 476 g/mol. The molecule has 3 rings (SSSR count). The zero-order valence-corrected chi connectivity index (χ0v) is 20.8. The van der Waals surface area contributed by atoms with Crippen LogP contribution in [0.2, 0.25) is 0 Å². The van der Waals surface area contributed by atoms with Crippen molar-refractivity contribution >= 4 is 18.0 Å². The van der Waals surface area contributed by atoms with Crippen molar-refractivity contribution in [3.05, 3.63) is 112 Å². The second-order valence-electron chi connectivity index (χ2n) is 8.28. The summed E-state index contributed by atoms with van der Waals surface area (Å²) in [4.78, 5) is 20.4. The Balaban J connectivity index is 0.000000263. The van der Waals surface area contributed by atoms with Gasteiger partial charge < -0.3 is 15.3 Å². The first-order valence-electron chi connectivity index (χ1n) is 11.6. The maximum absolute atomic E-state index is 10.3. The van der Waals surface area contributed by atoms with Crippen LogP contribution in [0.5, 0.6) is 0 Å². The van der Waals surface area contributed by atoms with E-state index in [1.54, 1.807) is 6.08 Å². The summed E-state index contributed by atoms with van der Waals surface area (Å²) in [5.74, 6) is -1.66. The van der Waals surface area contributed by atoms with E-state index in [1.807, 2.05) is 62.4 Å². The van der Waals surface area contributed by atoms with E-state index < -0.39 is 11.9 Å². The van der Waals surface area contributed by atoms with Gasteiger partial charge in [0.05, 0.1) is 0 Å². The van der Waals surface area contributed by atoms with Gasteiger partial charge in [0.2, 0.25) is 0 Å². The molecule has 0 unspecified atom stereocenters. The highest BCUT2D eigenvalue weighted by Gasteiger charge is 1.98. The van der Waals surface area contributed by atoms with Crippen LogP contribution in [0.15, 0.2) is 78.9 Å². The van der Waals surface area contributed by atoms with Gasteiger partial charge in [0, 0.05) is 19.1 Å². The average Bonchev–Trinajstić information content (AvgIpc) is 2.81. The standard InChI is InChI=1S/C10H12O2.C10H10O2.C10H14O/c2*1-8-3-2-4-9(7-8)5-6-10(11)12;1-9-4-2-5-10(8-9)6-3-7-11/h2-4,7H,5-6H2,1H3,(H,11,12);2-7H,1H3,(H,11,12);2,4-5,8,11H,3,6-7H2,1H3/b;6-5+;. The van der Waals surface area contributed by atoms with Gasteiger partial charge >= 0.3 is 11.9 Å². The van der Waals surface area contributed by atoms with Gasteiger partial charge in [-0.2, -0.15) is 0 Å². The Morgan fingerprint density at radius 3 is 1.71 bits per heavy atom. The fourth-order valence-corrected chi connectivity index (χ4v) is 3.21. The molecule has 0 saturated heterocycles. The van der Waals surface area contributed by atoms with Crippen molar-refractivity contribution in [2.45, 2.75) is 46.5 Å². The third-order valence-electron chi connectivity index (χ3n) is 4.88. The summed E-state index contributed by atoms with van der Waals surface area (Å²) in [6.07, 6.45) is 5.40. The molecule has 0 aliphatic rings. The molecule has 0 aliphatic heterocycles. The fraction of sp³-hybridized carbons (Fsp3) is 0.267. The van der Waals surface area contributed by atoms with Crippen LogP contribution in [0, 0.1) is 20.8 Å². The van der Waals surface area contributed by atoms with Gasteiger partial charge in [0.25, 0.3) is 0 Å². The number of carboxylic acid groups (broad SMARTS) is 2. The number of rotatable bonds is 8. The minimum Gasteiger partial charge on any atom is -0.481 e. The average molecular weight is 477 g/mol. The maximum atomic E-state index is 10.3. The highest BCUT2D eigenvalue weighted by molar-refractivity contribution is 5.85. The van der Waals surface area contributed by atoms with Crippen molar-refractivity contribution in [1.29, 1.82) is 0 Å². The first kappa shape index (κ1) is 29.3. The lowest BCUT2D eigenvalue weighted by Gasteiger charge is -1.99. The third-order valence-corrected chi connectivity index (χ3v) is 4.88. The van der Waals surface area contributed by atoms with Gasteiger partial charge in [0.1, 0.15) is 0 Å². The van der Waals surface area contributed by atoms with Gasteiger partial charge in [-0.1, -0.05) is 89.5 Å². The molecule has 0 aromatic heterocycles. The minimum atomic E-state index is -0.920. The molecule has 35 heavy (non-hydrogen) atoms. The lowest BCUT2D eigenvalue weighted by molar-refractivity contribution is -0.137. The predicted octanol–water partition coefficient (Wildman–Crippen LogP) is 6.02. The number of carbonyl (C=O) groups is 2. The van der Waals surface area contributed by atoms with Crippen LogP contribution in [-0.2, 0) is 22.4 Å². The molecule has 0 bridgehead atoms. The molecule has 5 heteroatoms. The molecule has 0 radical (unpaired) electrons. The molecule has 186 valence electrons. The van der Waals surface area contributed by atoms with Crippen LogP contribution in [0.3, 0.4) is 0 Å². The highest BCUT2D eigenvalue weighted by atomic mass is 16.4. The summed E-state index contributed by atoms with van der Waals surface area (Å²) >= 11 is 0. The number of aryl methyl sites for hydroxylation is 5. The summed E-state index contributed by atoms with van der Waals surface area (Å²) < 4.78 is 0. The number of aliphatic hydroxyl groups excluding tert-OH is 1. The van der Waals surface area contributed by atoms with Crippen LogP contribution in [-0.4, -0.2) is 33.9 Å². The second kappa shape index (κ2) is 16.8. The van der Waals surface area contributed by atoms with Crippen LogP contribution in [0.1, 0.15) is 46.2 Å². The molecule has 3 N–H and O–H groups in total. The largest absolute Gasteiger partial charge is 0.481 e. The third kappa shape index (κ3) is 14.9. The van der Waals surface area contributed by atoms with Crippen LogP contribution >= 0.6 is 0 Å². The van der Waals surface area contributed by atoms with Crippen molar-refractivity contribution in [3.63, 3.8) is 0 Å². The quantitative estimate of drug-likeness (QED) is 0.345. The SMILES string of the molecule is Cc1cccc(/C=C/C(=O)O)c1.Cc1cccc(CCC(=O)O)c1.Cc1cccc(CCCO)c1. The maximum Gasteiger partial charge on any atom is 0.328 e. The molecule has 5 nitrogen and oxygen atoms in total. The summed E-state index contributed by atoms with van der Waals surface area (Å²) in [5.41, 5.74) is 6.93. The van der Waals surface area contributed by atoms with E-state index in [2.05, 4.69) is 31.2 Å². The summed E-state index contributed by atoms with van der Waals surface area (Å²) in [6.45, 7) is 6.35. The van der Waals surface area contributed by atoms with E-state index in [0.29, 0.717) is 6.42 Å². The first-order valence-corrected chi connectivity index (χ1v) is 11.6. The zero-order valence-electron chi connectivity index (χ0n) is 20.8. The van der Waals surface area contributed by atoms with E-state index in [-0.39, 0.29) is 13.0 Å². The molecular formula is C30H36O5. The lowest BCUT2D eigenvalue weighted by Crippen LogP contribution is -1.97. The Morgan fingerprint density at radius 2 is 1.26 bits per heavy atom. The summed E-state index contributed by atoms with van der Waals surface area (Å²) in [5, 5.41) is 25.4. The number of carboxylic acids is 2. The molecule has 0 spiro atoms. The second-order valence-corrected chi connectivity index (χ2v) is 8.28. The number of hydrogen-bond acceptors (Lipinski definition) is 3. The number of aliphatic hydroxyl groups is 1. The van der Waals surface area contributed by atoms with E-state index in [1.165, 1.54) is 16.7 Å². The topological polar surface area (TPSA) is 94.8 Å². The van der Waals surface area contributed by atoms with E-state index >= 15 is 0 Å². The van der Waals surface area contributed by atoms with Gasteiger partial charge in [-0.05, 0) is 62.8 Å². The number of hydrogen-bond donors (Lipinski definition) is 3. The van der Waals surface area contributed by atoms with Crippen LogP contribution < -0.4 is 0 Å². The number of aliphatic carboxylic acids is 2. The minimum absolute atomic E-state index is 0.212.